The molecule has 98 valence electrons. The molecular weight excluding hydrogens is 267 g/mol. The predicted molar refractivity (Wildman–Crippen MR) is 59.5 cm³/mol. The molecule has 7 heteroatoms. The molecule has 0 aliphatic carbocycles. The zero-order valence-corrected chi connectivity index (χ0v) is 10.2. The van der Waals surface area contributed by atoms with Crippen LogP contribution in [0.3, 0.4) is 0 Å². The molecule has 0 heterocycles. The minimum atomic E-state index is -4.47. The van der Waals surface area contributed by atoms with E-state index in [9.17, 15) is 21.6 Å². The second kappa shape index (κ2) is 5.42. The molecule has 0 aliphatic heterocycles. The summed E-state index contributed by atoms with van der Waals surface area (Å²) in [6.45, 7) is 1.60. The molecule has 0 saturated heterocycles. The molecule has 18 heavy (non-hydrogen) atoms. The van der Waals surface area contributed by atoms with E-state index < -0.39 is 38.4 Å². The first-order valence-electron chi connectivity index (χ1n) is 4.94. The van der Waals surface area contributed by atoms with Gasteiger partial charge in [-0.25, -0.2) is 21.6 Å². The minimum absolute atomic E-state index is 0.250. The van der Waals surface area contributed by atoms with Gasteiger partial charge in [0.25, 0.3) is 0 Å². The maximum atomic E-state index is 13.3. The molecule has 0 saturated carbocycles. The highest BCUT2D eigenvalue weighted by Gasteiger charge is 2.26. The van der Waals surface area contributed by atoms with Crippen molar-refractivity contribution in [3.8, 4) is 12.3 Å². The van der Waals surface area contributed by atoms with Crippen LogP contribution in [0.15, 0.2) is 17.0 Å². The van der Waals surface area contributed by atoms with E-state index in [1.165, 1.54) is 0 Å². The predicted octanol–water partition coefficient (Wildman–Crippen LogP) is 1.79. The molecule has 1 rings (SSSR count). The Morgan fingerprint density at radius 1 is 1.33 bits per heavy atom. The van der Waals surface area contributed by atoms with Gasteiger partial charge in [-0.2, -0.15) is 4.72 Å². The number of sulfonamides is 1. The molecule has 0 radical (unpaired) electrons. The topological polar surface area (TPSA) is 46.2 Å². The Morgan fingerprint density at radius 3 is 2.22 bits per heavy atom. The van der Waals surface area contributed by atoms with Crippen LogP contribution < -0.4 is 4.72 Å². The summed E-state index contributed by atoms with van der Waals surface area (Å²) in [6, 6.07) is -0.318. The molecule has 1 atom stereocenters. The summed E-state index contributed by atoms with van der Waals surface area (Å²) >= 11 is 0. The van der Waals surface area contributed by atoms with E-state index >= 15 is 0 Å². The van der Waals surface area contributed by atoms with Crippen molar-refractivity contribution in [2.45, 2.75) is 24.3 Å². The van der Waals surface area contributed by atoms with Crippen LogP contribution in [0.4, 0.5) is 13.2 Å². The van der Waals surface area contributed by atoms with E-state index in [0.717, 1.165) is 0 Å². The van der Waals surface area contributed by atoms with Crippen molar-refractivity contribution in [3.05, 3.63) is 29.6 Å². The number of nitrogens with one attached hydrogen (secondary N) is 1. The molecule has 0 fully saturated rings. The second-order valence-corrected chi connectivity index (χ2v) is 5.10. The lowest BCUT2D eigenvalue weighted by Gasteiger charge is -2.12. The van der Waals surface area contributed by atoms with E-state index in [-0.39, 0.29) is 18.6 Å². The van der Waals surface area contributed by atoms with Crippen LogP contribution in [-0.4, -0.2) is 14.5 Å². The number of hydrogen-bond acceptors (Lipinski definition) is 2. The molecule has 3 nitrogen and oxygen atoms in total. The number of hydrogen-bond donors (Lipinski definition) is 1. The quantitative estimate of drug-likeness (QED) is 0.853. The largest absolute Gasteiger partial charge is 0.247 e. The first-order valence-corrected chi connectivity index (χ1v) is 6.43. The zero-order valence-electron chi connectivity index (χ0n) is 9.38. The summed E-state index contributed by atoms with van der Waals surface area (Å²) in [5, 5.41) is 0. The van der Waals surface area contributed by atoms with E-state index in [2.05, 4.69) is 5.92 Å². The Morgan fingerprint density at radius 2 is 1.83 bits per heavy atom. The third-order valence-electron chi connectivity index (χ3n) is 2.14. The average Bonchev–Trinajstić information content (AvgIpc) is 2.23. The fourth-order valence-corrected chi connectivity index (χ4v) is 2.63. The van der Waals surface area contributed by atoms with Gasteiger partial charge in [0.05, 0.1) is 6.04 Å². The van der Waals surface area contributed by atoms with Gasteiger partial charge in [0.2, 0.25) is 10.0 Å². The lowest BCUT2D eigenvalue weighted by atomic mass is 10.3. The standard InChI is InChI=1S/C11H10F3NO2S/c1-3-8(4-2)15-18(16,17)11-9(13)5-7(12)6-10(11)14/h1,5-6,8,15H,4H2,2H3. The van der Waals surface area contributed by atoms with E-state index in [1.807, 2.05) is 4.72 Å². The molecule has 1 N–H and O–H groups in total. The van der Waals surface area contributed by atoms with Gasteiger partial charge >= 0.3 is 0 Å². The van der Waals surface area contributed by atoms with Crippen molar-refractivity contribution >= 4 is 10.0 Å². The maximum absolute atomic E-state index is 13.3. The van der Waals surface area contributed by atoms with Crippen LogP contribution in [-0.2, 0) is 10.0 Å². The summed E-state index contributed by atoms with van der Waals surface area (Å²) < 4.78 is 64.6. The van der Waals surface area contributed by atoms with E-state index in [0.29, 0.717) is 0 Å². The van der Waals surface area contributed by atoms with Crippen molar-refractivity contribution in [1.82, 2.24) is 4.72 Å². The van der Waals surface area contributed by atoms with Crippen LogP contribution in [0.25, 0.3) is 0 Å². The Labute approximate surface area is 103 Å². The third kappa shape index (κ3) is 3.03. The summed E-state index contributed by atoms with van der Waals surface area (Å²) in [6.07, 6.45) is 5.29. The molecular formula is C11H10F3NO2S. The Bertz CT molecular complexity index is 570. The fourth-order valence-electron chi connectivity index (χ4n) is 1.27. The Balaban J connectivity index is 3.26. The van der Waals surface area contributed by atoms with Gasteiger partial charge in [-0.15, -0.1) is 6.42 Å². The molecule has 0 amide bonds. The maximum Gasteiger partial charge on any atom is 0.247 e. The highest BCUT2D eigenvalue weighted by molar-refractivity contribution is 7.89. The normalized spacial score (nSPS) is 13.1. The summed E-state index contributed by atoms with van der Waals surface area (Å²) in [5.41, 5.74) is 0. The summed E-state index contributed by atoms with van der Waals surface area (Å²) in [4.78, 5) is -1.24. The van der Waals surface area contributed by atoms with Crippen LogP contribution in [0, 0.1) is 29.8 Å². The molecule has 0 spiro atoms. The molecule has 1 aromatic carbocycles. The van der Waals surface area contributed by atoms with Crippen molar-refractivity contribution in [2.24, 2.45) is 0 Å². The van der Waals surface area contributed by atoms with Gasteiger partial charge in [0.1, 0.15) is 17.5 Å². The lowest BCUT2D eigenvalue weighted by Crippen LogP contribution is -2.34. The van der Waals surface area contributed by atoms with Gasteiger partial charge in [-0.3, -0.25) is 0 Å². The minimum Gasteiger partial charge on any atom is -0.207 e. The van der Waals surface area contributed by atoms with Crippen LogP contribution >= 0.6 is 0 Å². The van der Waals surface area contributed by atoms with E-state index in [1.54, 1.807) is 6.92 Å². The van der Waals surface area contributed by atoms with Crippen molar-refractivity contribution in [2.75, 3.05) is 0 Å². The first kappa shape index (κ1) is 14.5. The van der Waals surface area contributed by atoms with Crippen molar-refractivity contribution < 1.29 is 21.6 Å². The number of halogens is 3. The smallest absolute Gasteiger partial charge is 0.207 e. The molecule has 1 aromatic rings. The number of terminal acetylenes is 1. The second-order valence-electron chi connectivity index (χ2n) is 3.45. The average molecular weight is 277 g/mol. The molecule has 0 aliphatic rings. The van der Waals surface area contributed by atoms with Crippen LogP contribution in [0.1, 0.15) is 13.3 Å². The number of rotatable bonds is 4. The Kier molecular flexibility index (Phi) is 4.38. The first-order chi connectivity index (χ1) is 8.31. The van der Waals surface area contributed by atoms with Crippen LogP contribution in [0.2, 0.25) is 0 Å². The van der Waals surface area contributed by atoms with E-state index in [4.69, 9.17) is 6.42 Å². The molecule has 0 aromatic heterocycles. The summed E-state index contributed by atoms with van der Waals surface area (Å²) in [5.74, 6) is -2.10. The van der Waals surface area contributed by atoms with Gasteiger partial charge < -0.3 is 0 Å². The van der Waals surface area contributed by atoms with Gasteiger partial charge in [0, 0.05) is 12.1 Å². The Hall–Kier alpha value is -1.52. The van der Waals surface area contributed by atoms with Gasteiger partial charge in [0.15, 0.2) is 4.90 Å². The van der Waals surface area contributed by atoms with Crippen LogP contribution in [0.5, 0.6) is 0 Å². The zero-order chi connectivity index (χ0) is 13.9. The molecule has 0 bridgehead atoms. The highest BCUT2D eigenvalue weighted by atomic mass is 32.2. The summed E-state index contributed by atoms with van der Waals surface area (Å²) in [7, 11) is -4.47. The fraction of sp³-hybridized carbons (Fsp3) is 0.273. The number of benzene rings is 1. The lowest BCUT2D eigenvalue weighted by molar-refractivity contribution is 0.492. The highest BCUT2D eigenvalue weighted by Crippen LogP contribution is 2.20. The van der Waals surface area contributed by atoms with Gasteiger partial charge in [-0.05, 0) is 6.42 Å². The SMILES string of the molecule is C#CC(CC)NS(=O)(=O)c1c(F)cc(F)cc1F. The van der Waals surface area contributed by atoms with Gasteiger partial charge in [-0.1, -0.05) is 12.8 Å². The molecule has 1 unspecified atom stereocenters. The monoisotopic (exact) mass is 277 g/mol. The van der Waals surface area contributed by atoms with Crippen molar-refractivity contribution in [1.29, 1.82) is 0 Å². The third-order valence-corrected chi connectivity index (χ3v) is 3.66. The van der Waals surface area contributed by atoms with Crippen molar-refractivity contribution in [3.63, 3.8) is 0 Å².